The molecule has 0 atom stereocenters. The lowest BCUT2D eigenvalue weighted by Gasteiger charge is -2.46. The number of halogens is 1. The van der Waals surface area contributed by atoms with Crippen LogP contribution in [0.3, 0.4) is 0 Å². The number of carbonyl (C=O) groups excluding carboxylic acids is 2. The first-order valence-corrected chi connectivity index (χ1v) is 15.0. The molecule has 2 aliphatic heterocycles. The highest BCUT2D eigenvalue weighted by Gasteiger charge is 2.50. The molecule has 0 unspecified atom stereocenters. The maximum Gasteiger partial charge on any atom is 0.332 e. The van der Waals surface area contributed by atoms with Gasteiger partial charge in [0.25, 0.3) is 0 Å². The molecule has 1 saturated carbocycles. The maximum atomic E-state index is 14.2. The van der Waals surface area contributed by atoms with Gasteiger partial charge in [-0.05, 0) is 66.5 Å². The minimum atomic E-state index is -0.890. The molecule has 1 aromatic heterocycles. The highest BCUT2D eigenvalue weighted by atomic mass is 32.1. The number of anilines is 2. The van der Waals surface area contributed by atoms with Gasteiger partial charge in [0.2, 0.25) is 5.91 Å². The van der Waals surface area contributed by atoms with Gasteiger partial charge >= 0.3 is 5.97 Å². The quantitative estimate of drug-likeness (QED) is 0.377. The van der Waals surface area contributed by atoms with Crippen LogP contribution >= 0.6 is 11.3 Å². The average molecular weight is 550 g/mol. The van der Waals surface area contributed by atoms with E-state index in [4.69, 9.17) is 4.74 Å². The van der Waals surface area contributed by atoms with Crippen molar-refractivity contribution in [3.8, 4) is 0 Å². The van der Waals surface area contributed by atoms with Crippen molar-refractivity contribution < 1.29 is 18.7 Å². The number of hydrogen-bond donors (Lipinski definition) is 0. The van der Waals surface area contributed by atoms with Crippen molar-refractivity contribution in [2.75, 3.05) is 49.6 Å². The third-order valence-electron chi connectivity index (χ3n) is 8.87. The molecule has 0 bridgehead atoms. The Bertz CT molecular complexity index is 1370. The molecule has 0 spiro atoms. The van der Waals surface area contributed by atoms with Gasteiger partial charge in [-0.2, -0.15) is 0 Å². The first-order valence-electron chi connectivity index (χ1n) is 14.2. The normalized spacial score (nSPS) is 19.8. The van der Waals surface area contributed by atoms with Crippen molar-refractivity contribution in [2.45, 2.75) is 56.9 Å². The molecule has 6 rings (SSSR count). The minimum Gasteiger partial charge on any atom is -0.467 e. The second-order valence-corrected chi connectivity index (χ2v) is 12.1. The zero-order chi connectivity index (χ0) is 27.0. The maximum absolute atomic E-state index is 14.2. The molecule has 2 fully saturated rings. The summed E-state index contributed by atoms with van der Waals surface area (Å²) in [6.07, 6.45) is 6.25. The number of methoxy groups -OCH3 is 1. The lowest BCUT2D eigenvalue weighted by Crippen LogP contribution is -2.60. The zero-order valence-corrected chi connectivity index (χ0v) is 23.4. The fourth-order valence-corrected chi connectivity index (χ4v) is 7.60. The molecular formula is C31H36FN3O3S. The van der Waals surface area contributed by atoms with Crippen molar-refractivity contribution in [3.63, 3.8) is 0 Å². The number of nitrogens with zero attached hydrogens (tertiary/aromatic N) is 3. The lowest BCUT2D eigenvalue weighted by molar-refractivity contribution is -0.150. The number of benzene rings is 2. The highest BCUT2D eigenvalue weighted by Crippen LogP contribution is 2.42. The smallest absolute Gasteiger partial charge is 0.332 e. The first-order chi connectivity index (χ1) is 19.0. The highest BCUT2D eigenvalue weighted by molar-refractivity contribution is 7.17. The van der Waals surface area contributed by atoms with E-state index in [2.05, 4.69) is 34.1 Å². The molecule has 0 N–H and O–H groups in total. The molecule has 0 radical (unpaired) electrons. The van der Waals surface area contributed by atoms with E-state index in [1.54, 1.807) is 23.5 Å². The molecule has 3 heterocycles. The lowest BCUT2D eigenvalue weighted by atomic mass is 9.78. The molecular weight excluding hydrogens is 513 g/mol. The van der Waals surface area contributed by atoms with Crippen LogP contribution in [-0.4, -0.2) is 62.1 Å². The second-order valence-electron chi connectivity index (χ2n) is 11.1. The molecule has 206 valence electrons. The Hall–Kier alpha value is -2.97. The number of esters is 1. The molecule has 39 heavy (non-hydrogen) atoms. The standard InChI is InChI=1S/C31H36FN3O3S/c1-38-30(37)31(11-3-2-4-12-31)35-26-19-22(5-6-23(26)7-8-29(35)36)9-13-33-14-16-34(17-15-33)27-20-24(32)21-28-25(27)10-18-39-28/h5-6,10,18-21H,2-4,7-9,11-17H2,1H3. The van der Waals surface area contributed by atoms with Crippen molar-refractivity contribution in [1.82, 2.24) is 4.90 Å². The van der Waals surface area contributed by atoms with Crippen LogP contribution in [0.2, 0.25) is 0 Å². The van der Waals surface area contributed by atoms with Crippen LogP contribution in [0.5, 0.6) is 0 Å². The molecule has 2 aromatic carbocycles. The molecule has 8 heteroatoms. The van der Waals surface area contributed by atoms with Crippen molar-refractivity contribution in [2.24, 2.45) is 0 Å². The average Bonchev–Trinajstić information content (AvgIpc) is 3.44. The number of rotatable bonds is 6. The van der Waals surface area contributed by atoms with Crippen LogP contribution < -0.4 is 9.80 Å². The van der Waals surface area contributed by atoms with Crippen LogP contribution in [0.25, 0.3) is 10.1 Å². The summed E-state index contributed by atoms with van der Waals surface area (Å²) < 4.78 is 20.5. The molecule has 3 aromatic rings. The van der Waals surface area contributed by atoms with E-state index >= 15 is 0 Å². The van der Waals surface area contributed by atoms with E-state index in [9.17, 15) is 14.0 Å². The fourth-order valence-electron chi connectivity index (χ4n) is 6.77. The van der Waals surface area contributed by atoms with Crippen molar-refractivity contribution in [1.29, 1.82) is 0 Å². The fraction of sp³-hybridized carbons (Fsp3) is 0.484. The van der Waals surface area contributed by atoms with E-state index in [-0.39, 0.29) is 17.7 Å². The molecule has 3 aliphatic rings. The summed E-state index contributed by atoms with van der Waals surface area (Å²) >= 11 is 1.58. The van der Waals surface area contributed by atoms with Gasteiger partial charge in [0, 0.05) is 60.6 Å². The number of thiophene rings is 1. The minimum absolute atomic E-state index is 0.0279. The van der Waals surface area contributed by atoms with E-state index < -0.39 is 5.54 Å². The number of piperazine rings is 1. The van der Waals surface area contributed by atoms with Crippen molar-refractivity contribution in [3.05, 3.63) is 58.7 Å². The SMILES string of the molecule is COC(=O)C1(N2C(=O)CCc3ccc(CCN4CCN(c5cc(F)cc6sccc56)CC4)cc32)CCCCC1. The number of amides is 1. The van der Waals surface area contributed by atoms with Gasteiger partial charge < -0.3 is 9.64 Å². The van der Waals surface area contributed by atoms with Crippen LogP contribution in [-0.2, 0) is 27.2 Å². The summed E-state index contributed by atoms with van der Waals surface area (Å²) in [7, 11) is 1.43. The summed E-state index contributed by atoms with van der Waals surface area (Å²) in [5.74, 6) is -0.436. The number of ether oxygens (including phenoxy) is 1. The summed E-state index contributed by atoms with van der Waals surface area (Å²) in [4.78, 5) is 33.0. The molecule has 6 nitrogen and oxygen atoms in total. The predicted molar refractivity (Wildman–Crippen MR) is 154 cm³/mol. The first kappa shape index (κ1) is 26.3. The van der Waals surface area contributed by atoms with Gasteiger partial charge in [-0.1, -0.05) is 31.4 Å². The Morgan fingerprint density at radius 1 is 1.00 bits per heavy atom. The topological polar surface area (TPSA) is 53.1 Å². The molecule has 1 amide bonds. The van der Waals surface area contributed by atoms with E-state index in [0.29, 0.717) is 25.7 Å². The Morgan fingerprint density at radius 2 is 1.79 bits per heavy atom. The van der Waals surface area contributed by atoms with E-state index in [1.165, 1.54) is 12.7 Å². The van der Waals surface area contributed by atoms with Crippen LogP contribution in [0.15, 0.2) is 41.8 Å². The molecule has 1 aliphatic carbocycles. The van der Waals surface area contributed by atoms with Crippen molar-refractivity contribution >= 4 is 44.7 Å². The third-order valence-corrected chi connectivity index (χ3v) is 9.73. The summed E-state index contributed by atoms with van der Waals surface area (Å²) in [5.41, 5.74) is 3.31. The summed E-state index contributed by atoms with van der Waals surface area (Å²) in [5, 5.41) is 3.16. The van der Waals surface area contributed by atoms with Gasteiger partial charge in [0.1, 0.15) is 11.4 Å². The van der Waals surface area contributed by atoms with Crippen LogP contribution in [0, 0.1) is 5.82 Å². The number of carbonyl (C=O) groups is 2. The van der Waals surface area contributed by atoms with Crippen LogP contribution in [0.4, 0.5) is 15.8 Å². The largest absolute Gasteiger partial charge is 0.467 e. The summed E-state index contributed by atoms with van der Waals surface area (Å²) in [6.45, 7) is 4.48. The predicted octanol–water partition coefficient (Wildman–Crippen LogP) is 5.56. The van der Waals surface area contributed by atoms with Gasteiger partial charge in [-0.25, -0.2) is 9.18 Å². The Labute approximate surface area is 233 Å². The Kier molecular flexibility index (Phi) is 7.33. The molecule has 1 saturated heterocycles. The monoisotopic (exact) mass is 549 g/mol. The number of fused-ring (bicyclic) bond motifs is 2. The third kappa shape index (κ3) is 4.93. The Balaban J connectivity index is 1.15. The second kappa shape index (κ2) is 10.9. The summed E-state index contributed by atoms with van der Waals surface area (Å²) in [6, 6.07) is 11.8. The van der Waals surface area contributed by atoms with Gasteiger partial charge in [-0.15, -0.1) is 11.3 Å². The van der Waals surface area contributed by atoms with E-state index in [1.807, 2.05) is 10.3 Å². The van der Waals surface area contributed by atoms with Gasteiger partial charge in [-0.3, -0.25) is 14.6 Å². The van der Waals surface area contributed by atoms with Gasteiger partial charge in [0.05, 0.1) is 7.11 Å². The Morgan fingerprint density at radius 3 is 2.56 bits per heavy atom. The van der Waals surface area contributed by atoms with Gasteiger partial charge in [0.15, 0.2) is 0 Å². The van der Waals surface area contributed by atoms with E-state index in [0.717, 1.165) is 85.4 Å². The van der Waals surface area contributed by atoms with Crippen LogP contribution in [0.1, 0.15) is 49.7 Å². The number of hydrogen-bond acceptors (Lipinski definition) is 6. The number of aryl methyl sites for hydroxylation is 1. The zero-order valence-electron chi connectivity index (χ0n) is 22.6.